The zero-order valence-corrected chi connectivity index (χ0v) is 13.6. The van der Waals surface area contributed by atoms with Crippen LogP contribution in [0.25, 0.3) is 0 Å². The van der Waals surface area contributed by atoms with E-state index >= 15 is 0 Å². The lowest BCUT2D eigenvalue weighted by atomic mass is 9.98. The lowest BCUT2D eigenvalue weighted by Crippen LogP contribution is -2.13. The van der Waals surface area contributed by atoms with Gasteiger partial charge in [0.25, 0.3) is 0 Å². The molecule has 2 heteroatoms. The summed E-state index contributed by atoms with van der Waals surface area (Å²) in [6.45, 7) is 4.38. The van der Waals surface area contributed by atoms with Gasteiger partial charge in [0.05, 0.1) is 6.10 Å². The summed E-state index contributed by atoms with van der Waals surface area (Å²) in [6, 6.07) is 16.7. The fourth-order valence-electron chi connectivity index (χ4n) is 2.28. The lowest BCUT2D eigenvalue weighted by molar-refractivity contribution is 0.175. The van der Waals surface area contributed by atoms with Crippen LogP contribution in [0.5, 0.6) is 0 Å². The maximum Gasteiger partial charge on any atom is 0.0620 e. The third kappa shape index (κ3) is 4.46. The monoisotopic (exact) mass is 332 g/mol. The quantitative estimate of drug-likeness (QED) is 0.839. The Hall–Kier alpha value is -1.12. The summed E-state index contributed by atoms with van der Waals surface area (Å²) in [5.74, 6) is 0.553. The molecule has 0 aliphatic rings. The molecule has 1 unspecified atom stereocenters. The Kier molecular flexibility index (Phi) is 5.38. The molecule has 0 radical (unpaired) electrons. The summed E-state index contributed by atoms with van der Waals surface area (Å²) in [7, 11) is 0. The number of hydrogen-bond acceptors (Lipinski definition) is 1. The van der Waals surface area contributed by atoms with E-state index in [0.29, 0.717) is 18.8 Å². The second kappa shape index (κ2) is 7.05. The molecule has 20 heavy (non-hydrogen) atoms. The fraction of sp³-hybridized carbons (Fsp3) is 0.333. The van der Waals surface area contributed by atoms with Crippen LogP contribution < -0.4 is 0 Å². The maximum absolute atomic E-state index is 10.2. The Labute approximate surface area is 129 Å². The Morgan fingerprint density at radius 1 is 0.850 bits per heavy atom. The topological polar surface area (TPSA) is 20.2 Å². The summed E-state index contributed by atoms with van der Waals surface area (Å²) < 4.78 is 1.07. The molecule has 106 valence electrons. The van der Waals surface area contributed by atoms with Crippen LogP contribution in [0.3, 0.4) is 0 Å². The van der Waals surface area contributed by atoms with E-state index in [1.54, 1.807) is 0 Å². The van der Waals surface area contributed by atoms with Crippen molar-refractivity contribution < 1.29 is 5.11 Å². The summed E-state index contributed by atoms with van der Waals surface area (Å²) in [6.07, 6.45) is 1.06. The third-order valence-corrected chi connectivity index (χ3v) is 4.03. The average Bonchev–Trinajstić information content (AvgIpc) is 2.42. The maximum atomic E-state index is 10.2. The highest BCUT2D eigenvalue weighted by Gasteiger charge is 2.07. The summed E-state index contributed by atoms with van der Waals surface area (Å²) in [5.41, 5.74) is 3.70. The van der Waals surface area contributed by atoms with Gasteiger partial charge < -0.3 is 5.11 Å². The smallest absolute Gasteiger partial charge is 0.0620 e. The Morgan fingerprint density at radius 2 is 1.30 bits per heavy atom. The van der Waals surface area contributed by atoms with Gasteiger partial charge in [-0.1, -0.05) is 66.2 Å². The first-order valence-electron chi connectivity index (χ1n) is 7.06. The summed E-state index contributed by atoms with van der Waals surface area (Å²) in [5, 5.41) is 10.2. The van der Waals surface area contributed by atoms with E-state index in [9.17, 15) is 5.11 Å². The van der Waals surface area contributed by atoms with Gasteiger partial charge in [-0.3, -0.25) is 0 Å². The van der Waals surface area contributed by atoms with Crippen LogP contribution in [0.15, 0.2) is 53.0 Å². The van der Waals surface area contributed by atoms with Crippen molar-refractivity contribution in [3.8, 4) is 0 Å². The first-order valence-corrected chi connectivity index (χ1v) is 7.85. The largest absolute Gasteiger partial charge is 0.392 e. The zero-order chi connectivity index (χ0) is 14.5. The number of benzene rings is 2. The molecule has 2 aromatic rings. The molecule has 0 heterocycles. The van der Waals surface area contributed by atoms with Gasteiger partial charge in [0, 0.05) is 4.47 Å². The minimum absolute atomic E-state index is 0.332. The molecule has 0 saturated carbocycles. The number of hydrogen-bond donors (Lipinski definition) is 1. The molecule has 2 rings (SSSR count). The molecule has 0 aromatic heterocycles. The molecule has 0 saturated heterocycles. The van der Waals surface area contributed by atoms with Gasteiger partial charge in [-0.15, -0.1) is 0 Å². The number of halogens is 1. The molecule has 1 N–H and O–H groups in total. The molecule has 0 fully saturated rings. The van der Waals surface area contributed by atoms with Gasteiger partial charge in [0.15, 0.2) is 0 Å². The minimum Gasteiger partial charge on any atom is -0.392 e. The Balaban J connectivity index is 1.93. The van der Waals surface area contributed by atoms with Crippen LogP contribution in [0.1, 0.15) is 36.5 Å². The van der Waals surface area contributed by atoms with Gasteiger partial charge >= 0.3 is 0 Å². The van der Waals surface area contributed by atoms with Crippen molar-refractivity contribution in [2.75, 3.05) is 0 Å². The van der Waals surface area contributed by atoms with Crippen molar-refractivity contribution in [2.24, 2.45) is 0 Å². The Morgan fingerprint density at radius 3 is 1.75 bits per heavy atom. The summed E-state index contributed by atoms with van der Waals surface area (Å²) in [4.78, 5) is 0. The van der Waals surface area contributed by atoms with E-state index in [4.69, 9.17) is 0 Å². The first-order chi connectivity index (χ1) is 9.54. The minimum atomic E-state index is -0.332. The fourth-order valence-corrected chi connectivity index (χ4v) is 2.54. The second-order valence-corrected chi connectivity index (χ2v) is 6.50. The van der Waals surface area contributed by atoms with Crippen molar-refractivity contribution in [2.45, 2.75) is 38.7 Å². The van der Waals surface area contributed by atoms with Gasteiger partial charge in [0.2, 0.25) is 0 Å². The van der Waals surface area contributed by atoms with Gasteiger partial charge in [-0.05, 0) is 47.6 Å². The zero-order valence-electron chi connectivity index (χ0n) is 12.0. The molecule has 0 bridgehead atoms. The Bertz CT molecular complexity index is 528. The summed E-state index contributed by atoms with van der Waals surface area (Å²) >= 11 is 3.42. The van der Waals surface area contributed by atoms with Gasteiger partial charge in [-0.2, -0.15) is 0 Å². The van der Waals surface area contributed by atoms with E-state index < -0.39 is 0 Å². The normalized spacial score (nSPS) is 12.7. The van der Waals surface area contributed by atoms with Crippen molar-refractivity contribution in [3.05, 3.63) is 69.7 Å². The molecule has 0 aliphatic heterocycles. The molecular weight excluding hydrogens is 312 g/mol. The molecular formula is C18H21BrO. The standard InChI is InChI=1S/C18H21BrO/c1-13(2)16-7-3-14(4-8-16)11-18(20)12-15-5-9-17(19)10-6-15/h3-10,13,18,20H,11-12H2,1-2H3. The van der Waals surface area contributed by atoms with Gasteiger partial charge in [0.1, 0.15) is 0 Å². The first kappa shape index (κ1) is 15.3. The van der Waals surface area contributed by atoms with Crippen LogP contribution in [-0.2, 0) is 12.8 Å². The molecule has 0 aliphatic carbocycles. The van der Waals surface area contributed by atoms with Crippen molar-refractivity contribution in [1.82, 2.24) is 0 Å². The molecule has 0 amide bonds. The molecule has 1 atom stereocenters. The lowest BCUT2D eigenvalue weighted by Gasteiger charge is -2.12. The van der Waals surface area contributed by atoms with Crippen molar-refractivity contribution >= 4 is 15.9 Å². The van der Waals surface area contributed by atoms with E-state index in [2.05, 4.69) is 66.2 Å². The number of aliphatic hydroxyl groups is 1. The van der Waals surface area contributed by atoms with Crippen LogP contribution in [-0.4, -0.2) is 11.2 Å². The van der Waals surface area contributed by atoms with E-state index in [0.717, 1.165) is 4.47 Å². The number of aliphatic hydroxyl groups excluding tert-OH is 1. The van der Waals surface area contributed by atoms with Crippen LogP contribution in [0, 0.1) is 0 Å². The van der Waals surface area contributed by atoms with Crippen LogP contribution in [0.2, 0.25) is 0 Å². The molecule has 0 spiro atoms. The molecule has 2 aromatic carbocycles. The highest BCUT2D eigenvalue weighted by molar-refractivity contribution is 9.10. The predicted molar refractivity (Wildman–Crippen MR) is 88.1 cm³/mol. The molecule has 1 nitrogen and oxygen atoms in total. The van der Waals surface area contributed by atoms with E-state index in [1.807, 2.05) is 12.1 Å². The highest BCUT2D eigenvalue weighted by atomic mass is 79.9. The SMILES string of the molecule is CC(C)c1ccc(CC(O)Cc2ccc(Br)cc2)cc1. The van der Waals surface area contributed by atoms with Crippen LogP contribution in [0.4, 0.5) is 0 Å². The van der Waals surface area contributed by atoms with Crippen molar-refractivity contribution in [3.63, 3.8) is 0 Å². The predicted octanol–water partition coefficient (Wildman–Crippen LogP) is 4.72. The third-order valence-electron chi connectivity index (χ3n) is 3.50. The average molecular weight is 333 g/mol. The van der Waals surface area contributed by atoms with E-state index in [-0.39, 0.29) is 6.10 Å². The second-order valence-electron chi connectivity index (χ2n) is 5.58. The van der Waals surface area contributed by atoms with Crippen molar-refractivity contribution in [1.29, 1.82) is 0 Å². The highest BCUT2D eigenvalue weighted by Crippen LogP contribution is 2.17. The van der Waals surface area contributed by atoms with Gasteiger partial charge in [-0.25, -0.2) is 0 Å². The van der Waals surface area contributed by atoms with E-state index in [1.165, 1.54) is 16.7 Å². The number of rotatable bonds is 5. The van der Waals surface area contributed by atoms with Crippen LogP contribution >= 0.6 is 15.9 Å².